The van der Waals surface area contributed by atoms with E-state index in [0.717, 1.165) is 12.8 Å². The second kappa shape index (κ2) is 3.00. The van der Waals surface area contributed by atoms with Crippen LogP contribution in [0.4, 0.5) is 5.95 Å². The van der Waals surface area contributed by atoms with E-state index >= 15 is 0 Å². The van der Waals surface area contributed by atoms with Crippen molar-refractivity contribution in [1.82, 2.24) is 14.7 Å². The van der Waals surface area contributed by atoms with Crippen LogP contribution in [0.5, 0.6) is 0 Å². The molecule has 1 aromatic heterocycles. The Morgan fingerprint density at radius 2 is 2.31 bits per heavy atom. The molecule has 1 heterocycles. The van der Waals surface area contributed by atoms with Crippen LogP contribution < -0.4 is 9.44 Å². The normalized spacial score (nSPS) is 17.2. The van der Waals surface area contributed by atoms with Crippen LogP contribution in [0.3, 0.4) is 0 Å². The molecule has 3 N–H and O–H groups in total. The average molecular weight is 202 g/mol. The Bertz CT molecular complexity index is 367. The van der Waals surface area contributed by atoms with Gasteiger partial charge in [0, 0.05) is 18.4 Å². The molecule has 0 bridgehead atoms. The molecule has 2 rings (SSSR count). The highest BCUT2D eigenvalue weighted by atomic mass is 32.2. The number of aromatic amines is 1. The molecular weight excluding hydrogens is 192 g/mol. The summed E-state index contributed by atoms with van der Waals surface area (Å²) in [5.41, 5.74) is 0. The van der Waals surface area contributed by atoms with Crippen LogP contribution in [0.2, 0.25) is 0 Å². The van der Waals surface area contributed by atoms with Crippen LogP contribution >= 0.6 is 0 Å². The van der Waals surface area contributed by atoms with Gasteiger partial charge in [-0.2, -0.15) is 13.1 Å². The van der Waals surface area contributed by atoms with Gasteiger partial charge >= 0.3 is 10.2 Å². The zero-order valence-electron chi connectivity index (χ0n) is 6.82. The number of anilines is 1. The Morgan fingerprint density at radius 3 is 2.85 bits per heavy atom. The number of imidazole rings is 1. The van der Waals surface area contributed by atoms with Gasteiger partial charge in [0.25, 0.3) is 0 Å². The SMILES string of the molecule is O=S(=O)(Nc1ncc[nH]1)NC1CC1. The monoisotopic (exact) mass is 202 g/mol. The number of hydrogen-bond donors (Lipinski definition) is 3. The van der Waals surface area contributed by atoms with E-state index < -0.39 is 10.2 Å². The highest BCUT2D eigenvalue weighted by molar-refractivity contribution is 7.90. The Balaban J connectivity index is 1.99. The van der Waals surface area contributed by atoms with E-state index in [4.69, 9.17) is 0 Å². The maximum Gasteiger partial charge on any atom is 0.301 e. The molecule has 6 nitrogen and oxygen atoms in total. The Kier molecular flexibility index (Phi) is 1.97. The lowest BCUT2D eigenvalue weighted by atomic mass is 10.8. The second-order valence-electron chi connectivity index (χ2n) is 2.94. The van der Waals surface area contributed by atoms with Crippen molar-refractivity contribution in [1.29, 1.82) is 0 Å². The molecule has 0 spiro atoms. The second-order valence-corrected chi connectivity index (χ2v) is 4.38. The molecule has 1 fully saturated rings. The van der Waals surface area contributed by atoms with Crippen LogP contribution in [0.1, 0.15) is 12.8 Å². The maximum absolute atomic E-state index is 11.3. The van der Waals surface area contributed by atoms with Gasteiger partial charge in [0.05, 0.1) is 0 Å². The first kappa shape index (κ1) is 8.52. The van der Waals surface area contributed by atoms with E-state index in [1.54, 1.807) is 6.20 Å². The van der Waals surface area contributed by atoms with Gasteiger partial charge in [-0.05, 0) is 12.8 Å². The predicted octanol–water partition coefficient (Wildman–Crippen LogP) is -0.182. The van der Waals surface area contributed by atoms with Crippen LogP contribution in [0.25, 0.3) is 0 Å². The Labute approximate surface area is 75.9 Å². The van der Waals surface area contributed by atoms with Gasteiger partial charge in [0.15, 0.2) is 0 Å². The third-order valence-corrected chi connectivity index (χ3v) is 2.73. The molecule has 1 saturated carbocycles. The first-order valence-corrected chi connectivity index (χ1v) is 5.43. The number of nitrogens with zero attached hydrogens (tertiary/aromatic N) is 1. The quantitative estimate of drug-likeness (QED) is 0.633. The maximum atomic E-state index is 11.3. The molecule has 0 atom stereocenters. The van der Waals surface area contributed by atoms with Gasteiger partial charge in [-0.15, -0.1) is 0 Å². The van der Waals surface area contributed by atoms with E-state index in [1.165, 1.54) is 6.20 Å². The summed E-state index contributed by atoms with van der Waals surface area (Å²) in [5.74, 6) is 0.230. The smallest absolute Gasteiger partial charge is 0.301 e. The lowest BCUT2D eigenvalue weighted by Gasteiger charge is -2.04. The summed E-state index contributed by atoms with van der Waals surface area (Å²) in [4.78, 5) is 6.39. The van der Waals surface area contributed by atoms with Crippen molar-refractivity contribution in [2.45, 2.75) is 18.9 Å². The fourth-order valence-corrected chi connectivity index (χ4v) is 2.00. The topological polar surface area (TPSA) is 86.9 Å². The zero-order valence-corrected chi connectivity index (χ0v) is 7.63. The molecule has 0 aliphatic heterocycles. The molecule has 1 aliphatic carbocycles. The lowest BCUT2D eigenvalue weighted by Crippen LogP contribution is -2.32. The number of nitrogens with one attached hydrogen (secondary N) is 3. The molecule has 0 saturated heterocycles. The molecule has 0 radical (unpaired) electrons. The average Bonchev–Trinajstić information content (AvgIpc) is 2.64. The molecule has 72 valence electrons. The summed E-state index contributed by atoms with van der Waals surface area (Å²) >= 11 is 0. The standard InChI is InChI=1S/C6H10N4O2S/c11-13(12,9-5-1-2-5)10-6-7-3-4-8-6/h3-5,9H,1-2H2,(H2,7,8,10). The summed E-state index contributed by atoms with van der Waals surface area (Å²) in [5, 5.41) is 0. The molecule has 7 heteroatoms. The van der Waals surface area contributed by atoms with Gasteiger partial charge in [0.1, 0.15) is 0 Å². The summed E-state index contributed by atoms with van der Waals surface area (Å²) < 4.78 is 27.3. The van der Waals surface area contributed by atoms with Crippen molar-refractivity contribution in [2.75, 3.05) is 4.72 Å². The van der Waals surface area contributed by atoms with Gasteiger partial charge < -0.3 is 4.98 Å². The minimum absolute atomic E-state index is 0.104. The summed E-state index contributed by atoms with van der Waals surface area (Å²) in [6, 6.07) is 0.104. The fourth-order valence-electron chi connectivity index (χ4n) is 0.898. The van der Waals surface area contributed by atoms with Crippen LogP contribution in [-0.2, 0) is 10.2 Å². The molecule has 13 heavy (non-hydrogen) atoms. The van der Waals surface area contributed by atoms with Gasteiger partial charge in [-0.1, -0.05) is 0 Å². The third kappa shape index (κ3) is 2.43. The highest BCUT2D eigenvalue weighted by Crippen LogP contribution is 2.19. The Hall–Kier alpha value is -1.08. The van der Waals surface area contributed by atoms with Crippen molar-refractivity contribution in [3.05, 3.63) is 12.4 Å². The molecule has 0 amide bonds. The van der Waals surface area contributed by atoms with Crippen molar-refractivity contribution in [3.63, 3.8) is 0 Å². The van der Waals surface area contributed by atoms with Crippen LogP contribution in [0, 0.1) is 0 Å². The predicted molar refractivity (Wildman–Crippen MR) is 47.3 cm³/mol. The Morgan fingerprint density at radius 1 is 1.54 bits per heavy atom. The van der Waals surface area contributed by atoms with E-state index in [-0.39, 0.29) is 12.0 Å². The number of H-pyrrole nitrogens is 1. The molecule has 0 aromatic carbocycles. The van der Waals surface area contributed by atoms with Crippen molar-refractivity contribution < 1.29 is 8.42 Å². The first-order valence-electron chi connectivity index (χ1n) is 3.95. The summed E-state index contributed by atoms with van der Waals surface area (Å²) in [7, 11) is -3.44. The van der Waals surface area contributed by atoms with E-state index in [9.17, 15) is 8.42 Å². The van der Waals surface area contributed by atoms with E-state index in [0.29, 0.717) is 0 Å². The van der Waals surface area contributed by atoms with Crippen molar-refractivity contribution >= 4 is 16.2 Å². The lowest BCUT2D eigenvalue weighted by molar-refractivity contribution is 0.586. The van der Waals surface area contributed by atoms with E-state index in [2.05, 4.69) is 19.4 Å². The number of rotatable bonds is 4. The zero-order chi connectivity index (χ0) is 9.31. The molecule has 1 aliphatic rings. The summed E-state index contributed by atoms with van der Waals surface area (Å²) in [6.07, 6.45) is 4.86. The number of aromatic nitrogens is 2. The van der Waals surface area contributed by atoms with Crippen LogP contribution in [-0.4, -0.2) is 24.4 Å². The van der Waals surface area contributed by atoms with Crippen LogP contribution in [0.15, 0.2) is 12.4 Å². The molecule has 1 aromatic rings. The van der Waals surface area contributed by atoms with Gasteiger partial charge in [0.2, 0.25) is 5.95 Å². The third-order valence-electron chi connectivity index (χ3n) is 1.63. The largest absolute Gasteiger partial charge is 0.330 e. The minimum atomic E-state index is -3.44. The minimum Gasteiger partial charge on any atom is -0.330 e. The molecule has 0 unspecified atom stereocenters. The first-order chi connectivity index (χ1) is 6.16. The highest BCUT2D eigenvalue weighted by Gasteiger charge is 2.26. The summed E-state index contributed by atoms with van der Waals surface area (Å²) in [6.45, 7) is 0. The van der Waals surface area contributed by atoms with Crippen molar-refractivity contribution in [3.8, 4) is 0 Å². The fraction of sp³-hybridized carbons (Fsp3) is 0.500. The van der Waals surface area contributed by atoms with Crippen molar-refractivity contribution in [2.24, 2.45) is 0 Å². The van der Waals surface area contributed by atoms with E-state index in [1.807, 2.05) is 0 Å². The van der Waals surface area contributed by atoms with Gasteiger partial charge in [-0.3, -0.25) is 0 Å². The number of hydrogen-bond acceptors (Lipinski definition) is 3. The molecular formula is C6H10N4O2S. The van der Waals surface area contributed by atoms with Gasteiger partial charge in [-0.25, -0.2) is 9.71 Å².